The highest BCUT2D eigenvalue weighted by Crippen LogP contribution is 2.28. The highest BCUT2D eigenvalue weighted by Gasteiger charge is 2.34. The van der Waals surface area contributed by atoms with E-state index in [1.807, 2.05) is 31.2 Å². The second kappa shape index (κ2) is 9.26. The van der Waals surface area contributed by atoms with Crippen molar-refractivity contribution in [3.8, 4) is 5.75 Å². The van der Waals surface area contributed by atoms with Gasteiger partial charge in [-0.2, -0.15) is 0 Å². The van der Waals surface area contributed by atoms with Crippen LogP contribution in [-0.4, -0.2) is 53.5 Å². The summed E-state index contributed by atoms with van der Waals surface area (Å²) in [6, 6.07) is 9.82. The largest absolute Gasteiger partial charge is 0.491 e. The third-order valence-corrected chi connectivity index (χ3v) is 5.94. The van der Waals surface area contributed by atoms with E-state index in [1.165, 1.54) is 0 Å². The first-order chi connectivity index (χ1) is 14.6. The molecule has 2 aliphatic heterocycles. The number of aryl methyl sites for hydroxylation is 1. The maximum absolute atomic E-state index is 12.8. The molecule has 4 bridgehead atoms. The molecule has 2 N–H and O–H groups in total. The number of ether oxygens (including phenoxy) is 1. The number of hydrogen-bond donors (Lipinski definition) is 2. The minimum atomic E-state index is -0.101. The lowest BCUT2D eigenvalue weighted by molar-refractivity contribution is -0.122. The van der Waals surface area contributed by atoms with Crippen LogP contribution in [0.15, 0.2) is 42.7 Å². The molecule has 3 heterocycles. The molecular formula is C23H28N4O3. The Kier molecular flexibility index (Phi) is 6.28. The van der Waals surface area contributed by atoms with Gasteiger partial charge in [-0.15, -0.1) is 0 Å². The van der Waals surface area contributed by atoms with Crippen molar-refractivity contribution in [1.82, 2.24) is 20.5 Å². The number of nitrogens with zero attached hydrogens (tertiary/aromatic N) is 2. The zero-order chi connectivity index (χ0) is 20.9. The number of rotatable bonds is 2. The molecule has 0 saturated carbocycles. The number of amides is 2. The predicted octanol–water partition coefficient (Wildman–Crippen LogP) is 2.05. The number of aromatic nitrogens is 1. The maximum Gasteiger partial charge on any atom is 0.251 e. The third-order valence-electron chi connectivity index (χ3n) is 5.94. The highest BCUT2D eigenvalue weighted by molar-refractivity contribution is 5.94. The lowest BCUT2D eigenvalue weighted by atomic mass is 10.1. The summed E-state index contributed by atoms with van der Waals surface area (Å²) in [5.74, 6) is 0.609. The monoisotopic (exact) mass is 408 g/mol. The van der Waals surface area contributed by atoms with Crippen LogP contribution >= 0.6 is 0 Å². The number of hydrogen-bond acceptors (Lipinski definition) is 5. The molecular weight excluding hydrogens is 380 g/mol. The Balaban J connectivity index is 1.56. The molecule has 7 heteroatoms. The van der Waals surface area contributed by atoms with Crippen LogP contribution in [-0.2, 0) is 11.3 Å². The Morgan fingerprint density at radius 1 is 1.10 bits per heavy atom. The Labute approximate surface area is 176 Å². The second-order valence-electron chi connectivity index (χ2n) is 8.01. The normalized spacial score (nSPS) is 23.0. The van der Waals surface area contributed by atoms with E-state index in [-0.39, 0.29) is 23.9 Å². The van der Waals surface area contributed by atoms with Crippen molar-refractivity contribution in [1.29, 1.82) is 0 Å². The topological polar surface area (TPSA) is 83.6 Å². The van der Waals surface area contributed by atoms with Crippen LogP contribution in [0, 0.1) is 6.92 Å². The number of pyridine rings is 1. The van der Waals surface area contributed by atoms with Gasteiger partial charge in [-0.3, -0.25) is 19.5 Å². The SMILES string of the molecule is Cc1ccc2cc1OCCNC(=O)C[C@@H]1CC[C@H](CNC2=O)N1Cc1ccncc1. The number of fused-ring (bicyclic) bond motifs is 4. The van der Waals surface area contributed by atoms with Crippen LogP contribution in [0.5, 0.6) is 5.75 Å². The van der Waals surface area contributed by atoms with Crippen molar-refractivity contribution in [2.75, 3.05) is 19.7 Å². The first-order valence-corrected chi connectivity index (χ1v) is 10.5. The van der Waals surface area contributed by atoms with E-state index in [1.54, 1.807) is 18.5 Å². The molecule has 0 radical (unpaired) electrons. The lowest BCUT2D eigenvalue weighted by Crippen LogP contribution is -2.44. The van der Waals surface area contributed by atoms with Gasteiger partial charge in [-0.25, -0.2) is 0 Å². The Morgan fingerprint density at radius 2 is 1.90 bits per heavy atom. The molecule has 7 nitrogen and oxygen atoms in total. The minimum Gasteiger partial charge on any atom is -0.491 e. The second-order valence-corrected chi connectivity index (χ2v) is 8.01. The van der Waals surface area contributed by atoms with Gasteiger partial charge < -0.3 is 15.4 Å². The highest BCUT2D eigenvalue weighted by atomic mass is 16.5. The van der Waals surface area contributed by atoms with Crippen LogP contribution in [0.4, 0.5) is 0 Å². The van der Waals surface area contributed by atoms with Crippen LogP contribution in [0.2, 0.25) is 0 Å². The summed E-state index contributed by atoms with van der Waals surface area (Å²) in [6.45, 7) is 4.03. The van der Waals surface area contributed by atoms with Crippen LogP contribution in [0.1, 0.15) is 40.7 Å². The molecule has 2 aromatic rings. The molecule has 0 unspecified atom stereocenters. The average molecular weight is 409 g/mol. The third kappa shape index (κ3) is 4.79. The molecule has 2 atom stereocenters. The summed E-state index contributed by atoms with van der Waals surface area (Å²) in [7, 11) is 0. The van der Waals surface area contributed by atoms with Gasteiger partial charge >= 0.3 is 0 Å². The molecule has 0 spiro atoms. The van der Waals surface area contributed by atoms with Gasteiger partial charge in [-0.05, 0) is 55.2 Å². The zero-order valence-corrected chi connectivity index (χ0v) is 17.3. The van der Waals surface area contributed by atoms with Crippen LogP contribution in [0.25, 0.3) is 0 Å². The summed E-state index contributed by atoms with van der Waals surface area (Å²) in [5, 5.41) is 6.06. The summed E-state index contributed by atoms with van der Waals surface area (Å²) in [4.78, 5) is 31.7. The molecule has 1 aromatic heterocycles. The van der Waals surface area contributed by atoms with Gasteiger partial charge in [0.25, 0.3) is 5.91 Å². The van der Waals surface area contributed by atoms with Gasteiger partial charge in [0, 0.05) is 49.6 Å². The molecule has 2 amide bonds. The average Bonchev–Trinajstić information content (AvgIpc) is 3.11. The smallest absolute Gasteiger partial charge is 0.251 e. The quantitative estimate of drug-likeness (QED) is 0.795. The van der Waals surface area contributed by atoms with E-state index >= 15 is 0 Å². The van der Waals surface area contributed by atoms with E-state index in [0.717, 1.165) is 30.5 Å². The van der Waals surface area contributed by atoms with Gasteiger partial charge in [0.05, 0.1) is 6.54 Å². The molecule has 1 aromatic carbocycles. The summed E-state index contributed by atoms with van der Waals surface area (Å²) in [6.07, 6.45) is 5.90. The van der Waals surface area contributed by atoms with Gasteiger partial charge in [0.1, 0.15) is 12.4 Å². The lowest BCUT2D eigenvalue weighted by Gasteiger charge is -2.30. The van der Waals surface area contributed by atoms with Gasteiger partial charge in [0.15, 0.2) is 0 Å². The van der Waals surface area contributed by atoms with E-state index < -0.39 is 0 Å². The molecule has 30 heavy (non-hydrogen) atoms. The zero-order valence-electron chi connectivity index (χ0n) is 17.3. The molecule has 4 rings (SSSR count). The molecule has 158 valence electrons. The Morgan fingerprint density at radius 3 is 2.73 bits per heavy atom. The van der Waals surface area contributed by atoms with Crippen molar-refractivity contribution in [3.05, 3.63) is 59.4 Å². The number of carbonyl (C=O) groups is 2. The van der Waals surface area contributed by atoms with Crippen molar-refractivity contribution in [3.63, 3.8) is 0 Å². The molecule has 0 aliphatic carbocycles. The standard InChI is InChI=1S/C23H28N4O3/c1-16-2-3-18-12-21(16)30-11-10-25-22(28)13-19-4-5-20(14-26-23(18)29)27(19)15-17-6-8-24-9-7-17/h2-3,6-9,12,19-20H,4-5,10-11,13-15H2,1H3,(H,25,28)(H,26,29)/t19-,20+/m0/s1. The Bertz CT molecular complexity index is 903. The van der Waals surface area contributed by atoms with E-state index in [4.69, 9.17) is 4.74 Å². The van der Waals surface area contributed by atoms with Crippen molar-refractivity contribution >= 4 is 11.8 Å². The minimum absolute atomic E-state index is 0.0355. The maximum atomic E-state index is 12.8. The predicted molar refractivity (Wildman–Crippen MR) is 113 cm³/mol. The molecule has 1 fully saturated rings. The fourth-order valence-corrected chi connectivity index (χ4v) is 4.26. The summed E-state index contributed by atoms with van der Waals surface area (Å²) < 4.78 is 5.80. The van der Waals surface area contributed by atoms with E-state index in [9.17, 15) is 9.59 Å². The number of carbonyl (C=O) groups excluding carboxylic acids is 2. The molecule has 2 aliphatic rings. The van der Waals surface area contributed by atoms with Crippen molar-refractivity contribution in [2.45, 2.75) is 44.8 Å². The summed E-state index contributed by atoms with van der Waals surface area (Å²) >= 11 is 0. The van der Waals surface area contributed by atoms with Crippen LogP contribution in [0.3, 0.4) is 0 Å². The van der Waals surface area contributed by atoms with E-state index in [2.05, 4.69) is 20.5 Å². The first kappa shape index (κ1) is 20.3. The summed E-state index contributed by atoms with van der Waals surface area (Å²) in [5.41, 5.74) is 2.71. The fourth-order valence-electron chi connectivity index (χ4n) is 4.26. The van der Waals surface area contributed by atoms with Crippen molar-refractivity contribution in [2.24, 2.45) is 0 Å². The van der Waals surface area contributed by atoms with E-state index in [0.29, 0.717) is 37.4 Å². The van der Waals surface area contributed by atoms with Gasteiger partial charge in [0.2, 0.25) is 5.91 Å². The molecule has 1 saturated heterocycles. The van der Waals surface area contributed by atoms with Crippen molar-refractivity contribution < 1.29 is 14.3 Å². The number of benzene rings is 1. The van der Waals surface area contributed by atoms with Gasteiger partial charge in [-0.1, -0.05) is 6.07 Å². The first-order valence-electron chi connectivity index (χ1n) is 10.5. The number of nitrogens with one attached hydrogen (secondary N) is 2. The Hall–Kier alpha value is -2.93. The van der Waals surface area contributed by atoms with Crippen LogP contribution < -0.4 is 15.4 Å². The fraction of sp³-hybridized carbons (Fsp3) is 0.435.